The van der Waals surface area contributed by atoms with Crippen molar-refractivity contribution in [1.82, 2.24) is 15.2 Å². The van der Waals surface area contributed by atoms with E-state index in [1.165, 1.54) is 31.5 Å². The highest BCUT2D eigenvalue weighted by Gasteiger charge is 2.19. The van der Waals surface area contributed by atoms with Crippen LogP contribution in [0.3, 0.4) is 0 Å². The highest BCUT2D eigenvalue weighted by atomic mass is 15.1. The third kappa shape index (κ3) is 3.65. The summed E-state index contributed by atoms with van der Waals surface area (Å²) in [5.41, 5.74) is 1.27. The molecule has 0 spiro atoms. The van der Waals surface area contributed by atoms with Gasteiger partial charge < -0.3 is 5.32 Å². The minimum atomic E-state index is 0.384. The number of hydrogen-bond acceptors (Lipinski definition) is 3. The zero-order valence-electron chi connectivity index (χ0n) is 11.2. The number of piperidine rings is 1. The molecule has 98 valence electrons. The van der Waals surface area contributed by atoms with Crippen molar-refractivity contribution in [3.05, 3.63) is 42.7 Å². The second-order valence-electron chi connectivity index (χ2n) is 5.04. The van der Waals surface area contributed by atoms with Crippen molar-refractivity contribution >= 4 is 0 Å². The molecule has 3 nitrogen and oxygen atoms in total. The molecule has 1 aliphatic heterocycles. The molecule has 3 heteroatoms. The molecule has 1 N–H and O–H groups in total. The van der Waals surface area contributed by atoms with Crippen LogP contribution in [-0.4, -0.2) is 35.6 Å². The zero-order chi connectivity index (χ0) is 12.8. The summed E-state index contributed by atoms with van der Waals surface area (Å²) in [7, 11) is 0. The number of nitrogens with one attached hydrogen (secondary N) is 1. The maximum atomic E-state index is 4.18. The Labute approximate surface area is 110 Å². The minimum absolute atomic E-state index is 0.384. The van der Waals surface area contributed by atoms with Crippen LogP contribution in [0.1, 0.15) is 31.4 Å². The lowest BCUT2D eigenvalue weighted by molar-refractivity contribution is 0.208. The molecule has 1 fully saturated rings. The molecule has 2 rings (SSSR count). The summed E-state index contributed by atoms with van der Waals surface area (Å²) in [6, 6.07) is 5.15. The number of aromatic nitrogens is 1. The summed E-state index contributed by atoms with van der Waals surface area (Å²) in [5.74, 6) is 0. The third-order valence-corrected chi connectivity index (χ3v) is 3.64. The smallest absolute Gasteiger partial charge is 0.0315 e. The van der Waals surface area contributed by atoms with Gasteiger partial charge in [-0.1, -0.05) is 12.1 Å². The van der Waals surface area contributed by atoms with Crippen LogP contribution < -0.4 is 5.32 Å². The van der Waals surface area contributed by atoms with Crippen LogP contribution in [0.25, 0.3) is 0 Å². The lowest BCUT2D eigenvalue weighted by Gasteiger charge is -2.33. The Hall–Kier alpha value is -1.19. The van der Waals surface area contributed by atoms with Gasteiger partial charge in [0.05, 0.1) is 0 Å². The molecule has 0 aromatic carbocycles. The Morgan fingerprint density at radius 2 is 2.33 bits per heavy atom. The predicted octanol–water partition coefficient (Wildman–Crippen LogP) is 2.38. The summed E-state index contributed by atoms with van der Waals surface area (Å²) in [5, 5.41) is 3.71. The topological polar surface area (TPSA) is 28.2 Å². The van der Waals surface area contributed by atoms with Crippen molar-refractivity contribution in [3.8, 4) is 0 Å². The van der Waals surface area contributed by atoms with E-state index < -0.39 is 0 Å². The SMILES string of the molecule is C=CCN1CCC(N[C@@H](C)c2cccnc2)CC1. The van der Waals surface area contributed by atoms with E-state index in [1.807, 2.05) is 24.5 Å². The van der Waals surface area contributed by atoms with Crippen molar-refractivity contribution in [2.24, 2.45) is 0 Å². The molecule has 1 aromatic heterocycles. The fraction of sp³-hybridized carbons (Fsp3) is 0.533. The first-order valence-electron chi connectivity index (χ1n) is 6.79. The van der Waals surface area contributed by atoms with Gasteiger partial charge in [-0.05, 0) is 44.5 Å². The minimum Gasteiger partial charge on any atom is -0.307 e. The molecule has 0 aliphatic carbocycles. The lowest BCUT2D eigenvalue weighted by Crippen LogP contribution is -2.43. The lowest BCUT2D eigenvalue weighted by atomic mass is 10.0. The molecule has 0 unspecified atom stereocenters. The summed E-state index contributed by atoms with van der Waals surface area (Å²) < 4.78 is 0. The number of likely N-dealkylation sites (tertiary alicyclic amines) is 1. The first kappa shape index (κ1) is 13.2. The molecular weight excluding hydrogens is 222 g/mol. The molecule has 0 bridgehead atoms. The van der Waals surface area contributed by atoms with Gasteiger partial charge in [-0.3, -0.25) is 9.88 Å². The maximum Gasteiger partial charge on any atom is 0.0315 e. The number of pyridine rings is 1. The first-order chi connectivity index (χ1) is 8.79. The maximum absolute atomic E-state index is 4.18. The van der Waals surface area contributed by atoms with E-state index in [1.54, 1.807) is 0 Å². The van der Waals surface area contributed by atoms with E-state index in [0.717, 1.165) is 6.54 Å². The standard InChI is InChI=1S/C15H23N3/c1-3-9-18-10-6-15(7-11-18)17-13(2)14-5-4-8-16-12-14/h3-5,8,12-13,15,17H,1,6-7,9-11H2,2H3/t13-/m0/s1. The molecule has 2 heterocycles. The van der Waals surface area contributed by atoms with E-state index in [4.69, 9.17) is 0 Å². The fourth-order valence-electron chi connectivity index (χ4n) is 2.55. The van der Waals surface area contributed by atoms with Gasteiger partial charge in [-0.25, -0.2) is 0 Å². The Morgan fingerprint density at radius 1 is 1.56 bits per heavy atom. The summed E-state index contributed by atoms with van der Waals surface area (Å²) in [6.45, 7) is 9.37. The second kappa shape index (κ2) is 6.66. The summed E-state index contributed by atoms with van der Waals surface area (Å²) >= 11 is 0. The average molecular weight is 245 g/mol. The summed E-state index contributed by atoms with van der Waals surface area (Å²) in [4.78, 5) is 6.63. The highest BCUT2D eigenvalue weighted by molar-refractivity contribution is 5.13. The average Bonchev–Trinajstić information content (AvgIpc) is 2.42. The van der Waals surface area contributed by atoms with Crippen LogP contribution in [-0.2, 0) is 0 Å². The van der Waals surface area contributed by atoms with Crippen molar-refractivity contribution in [3.63, 3.8) is 0 Å². The van der Waals surface area contributed by atoms with Gasteiger partial charge >= 0.3 is 0 Å². The second-order valence-corrected chi connectivity index (χ2v) is 5.04. The zero-order valence-corrected chi connectivity index (χ0v) is 11.2. The van der Waals surface area contributed by atoms with Gasteiger partial charge in [-0.15, -0.1) is 6.58 Å². The normalized spacial score (nSPS) is 19.6. The van der Waals surface area contributed by atoms with Gasteiger partial charge in [0, 0.05) is 31.0 Å². The van der Waals surface area contributed by atoms with E-state index >= 15 is 0 Å². The molecular formula is C15H23N3. The Balaban J connectivity index is 1.79. The largest absolute Gasteiger partial charge is 0.307 e. The number of hydrogen-bond donors (Lipinski definition) is 1. The van der Waals surface area contributed by atoms with Gasteiger partial charge in [0.15, 0.2) is 0 Å². The fourth-order valence-corrected chi connectivity index (χ4v) is 2.55. The van der Waals surface area contributed by atoms with Gasteiger partial charge in [0.25, 0.3) is 0 Å². The quantitative estimate of drug-likeness (QED) is 0.807. The van der Waals surface area contributed by atoms with Crippen molar-refractivity contribution in [2.75, 3.05) is 19.6 Å². The Kier molecular flexibility index (Phi) is 4.90. The van der Waals surface area contributed by atoms with Gasteiger partial charge in [-0.2, -0.15) is 0 Å². The van der Waals surface area contributed by atoms with E-state index in [-0.39, 0.29) is 0 Å². The highest BCUT2D eigenvalue weighted by Crippen LogP contribution is 2.16. The number of rotatable bonds is 5. The molecule has 18 heavy (non-hydrogen) atoms. The molecule has 0 radical (unpaired) electrons. The van der Waals surface area contributed by atoms with Crippen LogP contribution in [0.2, 0.25) is 0 Å². The van der Waals surface area contributed by atoms with Gasteiger partial charge in [0.1, 0.15) is 0 Å². The summed E-state index contributed by atoms with van der Waals surface area (Å²) in [6.07, 6.45) is 8.21. The third-order valence-electron chi connectivity index (χ3n) is 3.64. The first-order valence-corrected chi connectivity index (χ1v) is 6.79. The van der Waals surface area contributed by atoms with Gasteiger partial charge in [0.2, 0.25) is 0 Å². The Morgan fingerprint density at radius 3 is 2.94 bits per heavy atom. The molecule has 1 saturated heterocycles. The van der Waals surface area contributed by atoms with Crippen molar-refractivity contribution < 1.29 is 0 Å². The van der Waals surface area contributed by atoms with Crippen LogP contribution >= 0.6 is 0 Å². The van der Waals surface area contributed by atoms with E-state index in [0.29, 0.717) is 12.1 Å². The van der Waals surface area contributed by atoms with Crippen molar-refractivity contribution in [2.45, 2.75) is 31.8 Å². The van der Waals surface area contributed by atoms with Crippen LogP contribution in [0.4, 0.5) is 0 Å². The van der Waals surface area contributed by atoms with Crippen LogP contribution in [0.15, 0.2) is 37.2 Å². The monoisotopic (exact) mass is 245 g/mol. The van der Waals surface area contributed by atoms with Crippen LogP contribution in [0, 0.1) is 0 Å². The number of nitrogens with zero attached hydrogens (tertiary/aromatic N) is 2. The molecule has 0 saturated carbocycles. The van der Waals surface area contributed by atoms with Crippen LogP contribution in [0.5, 0.6) is 0 Å². The molecule has 0 amide bonds. The van der Waals surface area contributed by atoms with Crippen molar-refractivity contribution in [1.29, 1.82) is 0 Å². The molecule has 1 atom stereocenters. The predicted molar refractivity (Wildman–Crippen MR) is 75.4 cm³/mol. The van der Waals surface area contributed by atoms with E-state index in [2.05, 4.69) is 34.8 Å². The van der Waals surface area contributed by atoms with E-state index in [9.17, 15) is 0 Å². The molecule has 1 aromatic rings. The molecule has 1 aliphatic rings. The Bertz CT molecular complexity index is 355.